The van der Waals surface area contributed by atoms with E-state index in [0.29, 0.717) is 44.0 Å². The highest BCUT2D eigenvalue weighted by atomic mass is 16.6. The monoisotopic (exact) mass is 330 g/mol. The lowest BCUT2D eigenvalue weighted by Crippen LogP contribution is -2.54. The first kappa shape index (κ1) is 17.8. The SMILES string of the molecule is CCOC(=O)N1CCN(C(C)C(=O)Nc2ccccc2C#N)CC1. The number of carbonyl (C=O) groups is 2. The van der Waals surface area contributed by atoms with E-state index >= 15 is 0 Å². The fourth-order valence-corrected chi connectivity index (χ4v) is 2.60. The molecule has 1 atom stereocenters. The number of nitrogens with zero attached hydrogens (tertiary/aromatic N) is 3. The number of nitriles is 1. The fourth-order valence-electron chi connectivity index (χ4n) is 2.60. The molecule has 2 amide bonds. The predicted molar refractivity (Wildman–Crippen MR) is 89.4 cm³/mol. The van der Waals surface area contributed by atoms with Gasteiger partial charge in [0.15, 0.2) is 0 Å². The van der Waals surface area contributed by atoms with Gasteiger partial charge in [-0.3, -0.25) is 9.69 Å². The molecular formula is C17H22N4O3. The lowest BCUT2D eigenvalue weighted by molar-refractivity contribution is -0.121. The van der Waals surface area contributed by atoms with Crippen molar-refractivity contribution in [3.63, 3.8) is 0 Å². The summed E-state index contributed by atoms with van der Waals surface area (Å²) in [5.74, 6) is -0.165. The van der Waals surface area contributed by atoms with Crippen molar-refractivity contribution in [1.82, 2.24) is 9.80 Å². The van der Waals surface area contributed by atoms with Crippen LogP contribution in [0.2, 0.25) is 0 Å². The van der Waals surface area contributed by atoms with Crippen LogP contribution < -0.4 is 5.32 Å². The minimum Gasteiger partial charge on any atom is -0.450 e. The van der Waals surface area contributed by atoms with E-state index in [9.17, 15) is 9.59 Å². The quantitative estimate of drug-likeness (QED) is 0.907. The zero-order chi connectivity index (χ0) is 17.5. The van der Waals surface area contributed by atoms with Gasteiger partial charge in [-0.1, -0.05) is 12.1 Å². The molecule has 1 saturated heterocycles. The van der Waals surface area contributed by atoms with Crippen LogP contribution in [0.1, 0.15) is 19.4 Å². The van der Waals surface area contributed by atoms with E-state index in [1.165, 1.54) is 0 Å². The number of nitrogens with one attached hydrogen (secondary N) is 1. The number of hydrogen-bond acceptors (Lipinski definition) is 5. The summed E-state index contributed by atoms with van der Waals surface area (Å²) in [7, 11) is 0. The molecule has 0 radical (unpaired) electrons. The Morgan fingerprint density at radius 1 is 1.29 bits per heavy atom. The van der Waals surface area contributed by atoms with Gasteiger partial charge in [-0.15, -0.1) is 0 Å². The number of anilines is 1. The minimum absolute atomic E-state index is 0.165. The van der Waals surface area contributed by atoms with E-state index in [-0.39, 0.29) is 18.0 Å². The highest BCUT2D eigenvalue weighted by Gasteiger charge is 2.28. The number of piperazine rings is 1. The lowest BCUT2D eigenvalue weighted by atomic mass is 10.1. The molecule has 7 nitrogen and oxygen atoms in total. The normalized spacial score (nSPS) is 16.1. The van der Waals surface area contributed by atoms with Crippen molar-refractivity contribution >= 4 is 17.7 Å². The first-order valence-corrected chi connectivity index (χ1v) is 8.02. The number of ether oxygens (including phenoxy) is 1. The van der Waals surface area contributed by atoms with Crippen molar-refractivity contribution in [2.75, 3.05) is 38.1 Å². The smallest absolute Gasteiger partial charge is 0.409 e. The number of benzene rings is 1. The number of hydrogen-bond donors (Lipinski definition) is 1. The van der Waals surface area contributed by atoms with Crippen LogP contribution >= 0.6 is 0 Å². The molecule has 1 N–H and O–H groups in total. The second-order valence-corrected chi connectivity index (χ2v) is 5.54. The zero-order valence-corrected chi connectivity index (χ0v) is 14.0. The summed E-state index contributed by atoms with van der Waals surface area (Å²) in [6.07, 6.45) is -0.308. The van der Waals surface area contributed by atoms with Gasteiger partial charge in [0.05, 0.1) is 23.9 Å². The molecule has 1 unspecified atom stereocenters. The third-order valence-corrected chi connectivity index (χ3v) is 4.07. The van der Waals surface area contributed by atoms with Gasteiger partial charge in [-0.2, -0.15) is 5.26 Å². The van der Waals surface area contributed by atoms with E-state index in [0.717, 1.165) is 0 Å². The van der Waals surface area contributed by atoms with E-state index < -0.39 is 0 Å². The van der Waals surface area contributed by atoms with Crippen molar-refractivity contribution in [1.29, 1.82) is 5.26 Å². The van der Waals surface area contributed by atoms with Crippen LogP contribution in [0.5, 0.6) is 0 Å². The van der Waals surface area contributed by atoms with Crippen LogP contribution in [0.15, 0.2) is 24.3 Å². The van der Waals surface area contributed by atoms with Gasteiger partial charge in [-0.05, 0) is 26.0 Å². The summed E-state index contributed by atoms with van der Waals surface area (Å²) in [6, 6.07) is 8.63. The van der Waals surface area contributed by atoms with Gasteiger partial charge in [0.25, 0.3) is 0 Å². The molecule has 1 aromatic rings. The Morgan fingerprint density at radius 2 is 1.96 bits per heavy atom. The molecular weight excluding hydrogens is 308 g/mol. The molecule has 0 saturated carbocycles. The minimum atomic E-state index is -0.346. The van der Waals surface area contributed by atoms with E-state index in [1.54, 1.807) is 36.1 Å². The molecule has 1 heterocycles. The number of para-hydroxylation sites is 1. The van der Waals surface area contributed by atoms with Crippen LogP contribution in [0.3, 0.4) is 0 Å². The summed E-state index contributed by atoms with van der Waals surface area (Å²) in [4.78, 5) is 27.8. The summed E-state index contributed by atoms with van der Waals surface area (Å²) in [6.45, 7) is 6.23. The predicted octanol–water partition coefficient (Wildman–Crippen LogP) is 1.66. The van der Waals surface area contributed by atoms with Crippen molar-refractivity contribution in [2.45, 2.75) is 19.9 Å². The maximum Gasteiger partial charge on any atom is 0.409 e. The zero-order valence-electron chi connectivity index (χ0n) is 14.0. The van der Waals surface area contributed by atoms with Crippen molar-refractivity contribution in [3.05, 3.63) is 29.8 Å². The Hall–Kier alpha value is -2.59. The first-order chi connectivity index (χ1) is 11.6. The van der Waals surface area contributed by atoms with E-state index in [1.807, 2.05) is 11.8 Å². The molecule has 1 fully saturated rings. The lowest BCUT2D eigenvalue weighted by Gasteiger charge is -2.36. The number of rotatable bonds is 4. The van der Waals surface area contributed by atoms with Crippen LogP contribution in [0, 0.1) is 11.3 Å². The van der Waals surface area contributed by atoms with Crippen LogP contribution in [-0.4, -0.2) is 60.6 Å². The largest absolute Gasteiger partial charge is 0.450 e. The molecule has 1 aliphatic heterocycles. The van der Waals surface area contributed by atoms with Gasteiger partial charge < -0.3 is 15.0 Å². The van der Waals surface area contributed by atoms with Crippen molar-refractivity contribution in [2.24, 2.45) is 0 Å². The topological polar surface area (TPSA) is 85.7 Å². The Labute approximate surface area is 141 Å². The van der Waals surface area contributed by atoms with Gasteiger partial charge >= 0.3 is 6.09 Å². The molecule has 2 rings (SSSR count). The molecule has 0 aliphatic carbocycles. The second-order valence-electron chi connectivity index (χ2n) is 5.54. The molecule has 128 valence electrons. The second kappa shape index (κ2) is 8.31. The number of carbonyl (C=O) groups excluding carboxylic acids is 2. The Balaban J connectivity index is 1.91. The van der Waals surface area contributed by atoms with Crippen molar-refractivity contribution < 1.29 is 14.3 Å². The maximum absolute atomic E-state index is 12.4. The van der Waals surface area contributed by atoms with Crippen LogP contribution in [0.4, 0.5) is 10.5 Å². The van der Waals surface area contributed by atoms with Gasteiger partial charge in [-0.25, -0.2) is 4.79 Å². The highest BCUT2D eigenvalue weighted by molar-refractivity contribution is 5.95. The van der Waals surface area contributed by atoms with Crippen molar-refractivity contribution in [3.8, 4) is 6.07 Å². The molecule has 0 aromatic heterocycles. The van der Waals surface area contributed by atoms with Gasteiger partial charge in [0.2, 0.25) is 5.91 Å². The average Bonchev–Trinajstić information content (AvgIpc) is 2.61. The Bertz CT molecular complexity index is 633. The van der Waals surface area contributed by atoms with E-state index in [2.05, 4.69) is 11.4 Å². The molecule has 0 spiro atoms. The summed E-state index contributed by atoms with van der Waals surface area (Å²) >= 11 is 0. The Morgan fingerprint density at radius 3 is 2.58 bits per heavy atom. The molecule has 7 heteroatoms. The maximum atomic E-state index is 12.4. The third-order valence-electron chi connectivity index (χ3n) is 4.07. The van der Waals surface area contributed by atoms with Gasteiger partial charge in [0, 0.05) is 26.2 Å². The summed E-state index contributed by atoms with van der Waals surface area (Å²) < 4.78 is 4.99. The highest BCUT2D eigenvalue weighted by Crippen LogP contribution is 2.15. The molecule has 1 aromatic carbocycles. The van der Waals surface area contributed by atoms with Crippen LogP contribution in [-0.2, 0) is 9.53 Å². The van der Waals surface area contributed by atoms with Crippen LogP contribution in [0.25, 0.3) is 0 Å². The van der Waals surface area contributed by atoms with Gasteiger partial charge in [0.1, 0.15) is 6.07 Å². The summed E-state index contributed by atoms with van der Waals surface area (Å²) in [5, 5.41) is 11.9. The molecule has 1 aliphatic rings. The Kier molecular flexibility index (Phi) is 6.15. The molecule has 24 heavy (non-hydrogen) atoms. The van der Waals surface area contributed by atoms with E-state index in [4.69, 9.17) is 10.00 Å². The standard InChI is InChI=1S/C17H22N4O3/c1-3-24-17(23)21-10-8-20(9-11-21)13(2)16(22)19-15-7-5-4-6-14(15)12-18/h4-7,13H,3,8-11H2,1-2H3,(H,19,22). The summed E-state index contributed by atoms with van der Waals surface area (Å²) in [5.41, 5.74) is 0.951. The number of amides is 2. The molecule has 0 bridgehead atoms. The third kappa shape index (κ3) is 4.24. The first-order valence-electron chi connectivity index (χ1n) is 8.02. The average molecular weight is 330 g/mol. The fraction of sp³-hybridized carbons (Fsp3) is 0.471.